The van der Waals surface area contributed by atoms with Crippen molar-refractivity contribution in [1.82, 2.24) is 4.90 Å². The number of piperazine rings is 1. The van der Waals surface area contributed by atoms with Crippen LogP contribution in [0.1, 0.15) is 17.3 Å². The molecule has 1 fully saturated rings. The zero-order valence-electron chi connectivity index (χ0n) is 14.0. The number of nitrogens with one attached hydrogen (secondary N) is 1. The molecule has 2 amide bonds. The van der Waals surface area contributed by atoms with Crippen LogP contribution in [0.5, 0.6) is 0 Å². The van der Waals surface area contributed by atoms with E-state index in [1.54, 1.807) is 12.1 Å². The molecule has 2 aromatic carbocycles. The van der Waals surface area contributed by atoms with Crippen LogP contribution in [0.25, 0.3) is 0 Å². The summed E-state index contributed by atoms with van der Waals surface area (Å²) in [6.45, 7) is 4.23. The Labute approximate surface area is 152 Å². The summed E-state index contributed by atoms with van der Waals surface area (Å²) >= 11 is 6.13. The van der Waals surface area contributed by atoms with Gasteiger partial charge in [-0.05, 0) is 30.3 Å². The minimum atomic E-state index is -0.0905. The predicted molar refractivity (Wildman–Crippen MR) is 100 cm³/mol. The highest BCUT2D eigenvalue weighted by molar-refractivity contribution is 6.33. The highest BCUT2D eigenvalue weighted by Crippen LogP contribution is 2.22. The summed E-state index contributed by atoms with van der Waals surface area (Å²) in [5, 5.41) is 3.28. The van der Waals surface area contributed by atoms with Crippen molar-refractivity contribution in [2.24, 2.45) is 0 Å². The lowest BCUT2D eigenvalue weighted by molar-refractivity contribution is -0.114. The van der Waals surface area contributed by atoms with Gasteiger partial charge in [0.05, 0.1) is 10.6 Å². The summed E-state index contributed by atoms with van der Waals surface area (Å²) in [6.07, 6.45) is 0. The molecule has 1 heterocycles. The van der Waals surface area contributed by atoms with Gasteiger partial charge in [-0.25, -0.2) is 0 Å². The van der Waals surface area contributed by atoms with Gasteiger partial charge in [-0.3, -0.25) is 9.59 Å². The Bertz CT molecular complexity index is 786. The summed E-state index contributed by atoms with van der Waals surface area (Å²) in [4.78, 5) is 27.9. The normalized spacial score (nSPS) is 14.3. The molecule has 1 saturated heterocycles. The molecule has 0 unspecified atom stereocenters. The molecular formula is C19H20ClN3O2. The molecule has 0 bridgehead atoms. The molecular weight excluding hydrogens is 338 g/mol. The fraction of sp³-hybridized carbons (Fsp3) is 0.263. The van der Waals surface area contributed by atoms with Crippen molar-refractivity contribution in [3.05, 3.63) is 59.1 Å². The maximum Gasteiger partial charge on any atom is 0.255 e. The summed E-state index contributed by atoms with van der Waals surface area (Å²) in [5.74, 6) is -0.121. The molecule has 0 radical (unpaired) electrons. The van der Waals surface area contributed by atoms with Gasteiger partial charge in [0.25, 0.3) is 5.91 Å². The molecule has 0 atom stereocenters. The second kappa shape index (κ2) is 7.57. The number of nitrogens with zero attached hydrogens (tertiary/aromatic N) is 2. The van der Waals surface area contributed by atoms with E-state index in [0.717, 1.165) is 24.5 Å². The Hall–Kier alpha value is -2.53. The average molecular weight is 358 g/mol. The number of carbonyl (C=O) groups excluding carboxylic acids is 2. The van der Waals surface area contributed by atoms with E-state index in [4.69, 9.17) is 11.6 Å². The van der Waals surface area contributed by atoms with Gasteiger partial charge in [0.2, 0.25) is 5.91 Å². The Morgan fingerprint density at radius 3 is 2.40 bits per heavy atom. The van der Waals surface area contributed by atoms with Crippen LogP contribution in [-0.2, 0) is 4.79 Å². The van der Waals surface area contributed by atoms with E-state index >= 15 is 0 Å². The van der Waals surface area contributed by atoms with E-state index < -0.39 is 0 Å². The number of halogens is 1. The lowest BCUT2D eigenvalue weighted by Gasteiger charge is -2.36. The molecule has 3 rings (SSSR count). The lowest BCUT2D eigenvalue weighted by atomic mass is 10.1. The lowest BCUT2D eigenvalue weighted by Crippen LogP contribution is -2.48. The van der Waals surface area contributed by atoms with E-state index in [1.807, 2.05) is 41.3 Å². The number of carbonyl (C=O) groups is 2. The molecule has 130 valence electrons. The molecule has 25 heavy (non-hydrogen) atoms. The third kappa shape index (κ3) is 4.12. The minimum Gasteiger partial charge on any atom is -0.368 e. The van der Waals surface area contributed by atoms with E-state index in [1.165, 1.54) is 6.92 Å². The second-order valence-electron chi connectivity index (χ2n) is 5.99. The van der Waals surface area contributed by atoms with Crippen LogP contribution < -0.4 is 10.2 Å². The Morgan fingerprint density at radius 2 is 1.72 bits per heavy atom. The Kier molecular flexibility index (Phi) is 5.24. The van der Waals surface area contributed by atoms with Crippen molar-refractivity contribution < 1.29 is 9.59 Å². The fourth-order valence-electron chi connectivity index (χ4n) is 2.96. The molecule has 5 nitrogen and oxygen atoms in total. The van der Waals surface area contributed by atoms with Gasteiger partial charge < -0.3 is 15.1 Å². The Balaban J connectivity index is 1.65. The van der Waals surface area contributed by atoms with E-state index in [2.05, 4.69) is 10.2 Å². The number of rotatable bonds is 3. The maximum absolute atomic E-state index is 12.6. The largest absolute Gasteiger partial charge is 0.368 e. The van der Waals surface area contributed by atoms with Crippen molar-refractivity contribution in [3.63, 3.8) is 0 Å². The van der Waals surface area contributed by atoms with Crippen LogP contribution >= 0.6 is 11.6 Å². The SMILES string of the molecule is CC(=O)Nc1cccc(N2CCN(C(=O)c3ccccc3Cl)CC2)c1. The van der Waals surface area contributed by atoms with Crippen LogP contribution in [0.3, 0.4) is 0 Å². The second-order valence-corrected chi connectivity index (χ2v) is 6.40. The number of benzene rings is 2. The highest BCUT2D eigenvalue weighted by atomic mass is 35.5. The van der Waals surface area contributed by atoms with Gasteiger partial charge in [0.1, 0.15) is 0 Å². The van der Waals surface area contributed by atoms with Crippen LogP contribution in [0, 0.1) is 0 Å². The zero-order chi connectivity index (χ0) is 17.8. The first kappa shape index (κ1) is 17.3. The predicted octanol–water partition coefficient (Wildman–Crippen LogP) is 3.26. The molecule has 1 aliphatic rings. The summed E-state index contributed by atoms with van der Waals surface area (Å²) in [7, 11) is 0. The molecule has 2 aromatic rings. The smallest absolute Gasteiger partial charge is 0.255 e. The molecule has 1 N–H and O–H groups in total. The molecule has 0 aromatic heterocycles. The van der Waals surface area contributed by atoms with Gasteiger partial charge in [0, 0.05) is 44.5 Å². The first-order valence-corrected chi connectivity index (χ1v) is 8.59. The van der Waals surface area contributed by atoms with Crippen LogP contribution in [-0.4, -0.2) is 42.9 Å². The van der Waals surface area contributed by atoms with Crippen LogP contribution in [0.2, 0.25) is 5.02 Å². The summed E-state index contributed by atoms with van der Waals surface area (Å²) < 4.78 is 0. The maximum atomic E-state index is 12.6. The first-order chi connectivity index (χ1) is 12.0. The standard InChI is InChI=1S/C19H20ClN3O2/c1-14(24)21-15-5-4-6-16(13-15)22-9-11-23(12-10-22)19(25)17-7-2-3-8-18(17)20/h2-8,13H,9-12H2,1H3,(H,21,24). The number of amides is 2. The van der Waals surface area contributed by atoms with Gasteiger partial charge in [-0.2, -0.15) is 0 Å². The summed E-state index contributed by atoms with van der Waals surface area (Å²) in [6, 6.07) is 14.9. The zero-order valence-corrected chi connectivity index (χ0v) is 14.8. The van der Waals surface area contributed by atoms with Gasteiger partial charge in [-0.15, -0.1) is 0 Å². The van der Waals surface area contributed by atoms with Crippen molar-refractivity contribution >= 4 is 34.8 Å². The minimum absolute atomic E-state index is 0.0303. The van der Waals surface area contributed by atoms with Crippen molar-refractivity contribution in [1.29, 1.82) is 0 Å². The van der Waals surface area contributed by atoms with Gasteiger partial charge in [-0.1, -0.05) is 29.8 Å². The van der Waals surface area contributed by atoms with Crippen LogP contribution in [0.4, 0.5) is 11.4 Å². The number of hydrogen-bond donors (Lipinski definition) is 1. The molecule has 6 heteroatoms. The molecule has 0 spiro atoms. The van der Waals surface area contributed by atoms with Crippen molar-refractivity contribution in [2.45, 2.75) is 6.92 Å². The quantitative estimate of drug-likeness (QED) is 0.917. The molecule has 1 aliphatic heterocycles. The third-order valence-corrected chi connectivity index (χ3v) is 4.53. The topological polar surface area (TPSA) is 52.7 Å². The average Bonchev–Trinajstić information content (AvgIpc) is 2.61. The number of hydrogen-bond acceptors (Lipinski definition) is 3. The fourth-order valence-corrected chi connectivity index (χ4v) is 3.17. The van der Waals surface area contributed by atoms with Gasteiger partial charge in [0.15, 0.2) is 0 Å². The number of anilines is 2. The summed E-state index contributed by atoms with van der Waals surface area (Å²) in [5.41, 5.74) is 2.36. The van der Waals surface area contributed by atoms with Gasteiger partial charge >= 0.3 is 0 Å². The molecule has 0 saturated carbocycles. The van der Waals surface area contributed by atoms with E-state index in [9.17, 15) is 9.59 Å². The Morgan fingerprint density at radius 1 is 1.00 bits per heavy atom. The van der Waals surface area contributed by atoms with E-state index in [0.29, 0.717) is 23.7 Å². The first-order valence-electron chi connectivity index (χ1n) is 8.21. The molecule has 0 aliphatic carbocycles. The highest BCUT2D eigenvalue weighted by Gasteiger charge is 2.23. The van der Waals surface area contributed by atoms with Crippen molar-refractivity contribution in [3.8, 4) is 0 Å². The monoisotopic (exact) mass is 357 g/mol. The third-order valence-electron chi connectivity index (χ3n) is 4.20. The van der Waals surface area contributed by atoms with Crippen LogP contribution in [0.15, 0.2) is 48.5 Å². The van der Waals surface area contributed by atoms with Crippen molar-refractivity contribution in [2.75, 3.05) is 36.4 Å². The van der Waals surface area contributed by atoms with E-state index in [-0.39, 0.29) is 11.8 Å².